The van der Waals surface area contributed by atoms with Crippen molar-refractivity contribution >= 4 is 22.8 Å². The van der Waals surface area contributed by atoms with Crippen LogP contribution in [0.3, 0.4) is 0 Å². The van der Waals surface area contributed by atoms with Crippen molar-refractivity contribution in [3.63, 3.8) is 0 Å². The van der Waals surface area contributed by atoms with Crippen LogP contribution in [0.5, 0.6) is 0 Å². The Kier molecular flexibility index (Phi) is 7.68. The third kappa shape index (κ3) is 5.72. The molecule has 3 N–H and O–H groups in total. The molecule has 1 unspecified atom stereocenters. The van der Waals surface area contributed by atoms with Crippen molar-refractivity contribution in [2.24, 2.45) is 4.99 Å². The summed E-state index contributed by atoms with van der Waals surface area (Å²) >= 11 is 0. The normalized spacial score (nSPS) is 17.5. The van der Waals surface area contributed by atoms with Crippen molar-refractivity contribution in [3.8, 4) is 0 Å². The van der Waals surface area contributed by atoms with Crippen LogP contribution in [0.4, 0.5) is 4.39 Å². The molecule has 3 rings (SSSR count). The minimum atomic E-state index is -0.244. The number of hydrogen-bond acceptors (Lipinski definition) is 3. The van der Waals surface area contributed by atoms with Gasteiger partial charge in [0.15, 0.2) is 5.96 Å². The molecule has 1 aliphatic heterocycles. The van der Waals surface area contributed by atoms with Crippen molar-refractivity contribution in [1.29, 1.82) is 0 Å². The Morgan fingerprint density at radius 2 is 2.20 bits per heavy atom. The number of H-pyrrole nitrogens is 1. The quantitative estimate of drug-likeness (QED) is 0.454. The second-order valence-corrected chi connectivity index (χ2v) is 7.94. The molecule has 1 amide bonds. The fourth-order valence-electron chi connectivity index (χ4n) is 3.90. The van der Waals surface area contributed by atoms with Gasteiger partial charge in [0, 0.05) is 50.3 Å². The Labute approximate surface area is 177 Å². The van der Waals surface area contributed by atoms with E-state index < -0.39 is 0 Å². The standard InChI is InChI=1S/C22H33FN6O/c1-4-29-11-5-6-18(29)14-26-22(27-15-21(30)28(2)3)24-10-9-16-13-25-20-12-17(23)7-8-19(16)20/h7-8,12-13,18,25H,4-6,9-11,14-15H2,1-3H3,(H2,24,26,27). The van der Waals surface area contributed by atoms with Crippen LogP contribution < -0.4 is 10.6 Å². The molecule has 0 spiro atoms. The van der Waals surface area contributed by atoms with Crippen LogP contribution in [-0.4, -0.2) is 79.5 Å². The van der Waals surface area contributed by atoms with E-state index in [4.69, 9.17) is 0 Å². The Hall–Kier alpha value is -2.61. The second-order valence-electron chi connectivity index (χ2n) is 7.94. The lowest BCUT2D eigenvalue weighted by Gasteiger charge is -2.24. The number of aromatic nitrogens is 1. The van der Waals surface area contributed by atoms with Gasteiger partial charge in [-0.05, 0) is 56.1 Å². The van der Waals surface area contributed by atoms with E-state index in [1.807, 2.05) is 6.20 Å². The zero-order valence-electron chi connectivity index (χ0n) is 18.2. The van der Waals surface area contributed by atoms with E-state index in [0.29, 0.717) is 18.5 Å². The molecular weight excluding hydrogens is 383 g/mol. The zero-order valence-corrected chi connectivity index (χ0v) is 18.2. The molecule has 0 saturated carbocycles. The average Bonchev–Trinajstić information content (AvgIpc) is 3.35. The molecule has 8 heteroatoms. The molecule has 164 valence electrons. The number of amides is 1. The summed E-state index contributed by atoms with van der Waals surface area (Å²) in [5, 5.41) is 7.79. The fraction of sp³-hybridized carbons (Fsp3) is 0.545. The summed E-state index contributed by atoms with van der Waals surface area (Å²) in [6, 6.07) is 5.29. The van der Waals surface area contributed by atoms with E-state index in [9.17, 15) is 9.18 Å². The summed E-state index contributed by atoms with van der Waals surface area (Å²) in [4.78, 5) is 23.6. The van der Waals surface area contributed by atoms with E-state index in [1.54, 1.807) is 25.1 Å². The van der Waals surface area contributed by atoms with Crippen LogP contribution in [0.15, 0.2) is 29.4 Å². The first kappa shape index (κ1) is 22.1. The summed E-state index contributed by atoms with van der Waals surface area (Å²) < 4.78 is 13.4. The van der Waals surface area contributed by atoms with Gasteiger partial charge in [-0.1, -0.05) is 6.92 Å². The number of rotatable bonds is 8. The Balaban J connectivity index is 1.59. The molecule has 2 heterocycles. The number of carbonyl (C=O) groups excluding carboxylic acids is 1. The molecule has 1 saturated heterocycles. The SMILES string of the molecule is CCN1CCCC1CNC(=NCC(=O)N(C)C)NCCc1c[nH]c2cc(F)ccc12. The van der Waals surface area contributed by atoms with E-state index >= 15 is 0 Å². The number of likely N-dealkylation sites (tertiary alicyclic amines) is 1. The smallest absolute Gasteiger partial charge is 0.243 e. The van der Waals surface area contributed by atoms with E-state index in [1.165, 1.54) is 25.0 Å². The maximum atomic E-state index is 13.4. The highest BCUT2D eigenvalue weighted by atomic mass is 19.1. The number of likely N-dealkylation sites (N-methyl/N-ethyl adjacent to an activating group) is 2. The van der Waals surface area contributed by atoms with Crippen molar-refractivity contribution < 1.29 is 9.18 Å². The molecular formula is C22H33FN6O. The molecule has 1 aromatic carbocycles. The van der Waals surface area contributed by atoms with Crippen LogP contribution in [0.25, 0.3) is 10.9 Å². The predicted molar refractivity (Wildman–Crippen MR) is 119 cm³/mol. The lowest BCUT2D eigenvalue weighted by molar-refractivity contribution is -0.127. The molecule has 7 nitrogen and oxygen atoms in total. The van der Waals surface area contributed by atoms with Crippen molar-refractivity contribution in [3.05, 3.63) is 35.8 Å². The van der Waals surface area contributed by atoms with E-state index in [0.717, 1.165) is 42.5 Å². The maximum Gasteiger partial charge on any atom is 0.243 e. The van der Waals surface area contributed by atoms with Crippen molar-refractivity contribution in [2.45, 2.75) is 32.2 Å². The number of aliphatic imine (C=N–C) groups is 1. The number of benzene rings is 1. The number of nitrogens with zero attached hydrogens (tertiary/aromatic N) is 3. The van der Waals surface area contributed by atoms with Gasteiger partial charge in [-0.25, -0.2) is 9.38 Å². The summed E-state index contributed by atoms with van der Waals surface area (Å²) in [7, 11) is 3.46. The number of guanidine groups is 1. The van der Waals surface area contributed by atoms with Gasteiger partial charge >= 0.3 is 0 Å². The lowest BCUT2D eigenvalue weighted by Crippen LogP contribution is -2.45. The second kappa shape index (κ2) is 10.4. The Morgan fingerprint density at radius 1 is 1.37 bits per heavy atom. The van der Waals surface area contributed by atoms with Crippen LogP contribution >= 0.6 is 0 Å². The van der Waals surface area contributed by atoms with Crippen molar-refractivity contribution in [1.82, 2.24) is 25.4 Å². The van der Waals surface area contributed by atoms with Gasteiger partial charge in [-0.3, -0.25) is 9.69 Å². The van der Waals surface area contributed by atoms with Crippen LogP contribution in [0, 0.1) is 5.82 Å². The molecule has 1 aliphatic rings. The zero-order chi connectivity index (χ0) is 21.5. The number of fused-ring (bicyclic) bond motifs is 1. The van der Waals surface area contributed by atoms with Crippen LogP contribution in [0.2, 0.25) is 0 Å². The van der Waals surface area contributed by atoms with Gasteiger partial charge < -0.3 is 20.5 Å². The van der Waals surface area contributed by atoms with Gasteiger partial charge in [0.2, 0.25) is 5.91 Å². The molecule has 0 bridgehead atoms. The Bertz CT molecular complexity index is 878. The highest BCUT2D eigenvalue weighted by molar-refractivity contribution is 5.85. The highest BCUT2D eigenvalue weighted by Crippen LogP contribution is 2.19. The van der Waals surface area contributed by atoms with Gasteiger partial charge in [0.1, 0.15) is 12.4 Å². The summed E-state index contributed by atoms with van der Waals surface area (Å²) in [6.07, 6.45) is 5.08. The summed E-state index contributed by atoms with van der Waals surface area (Å²) in [5.74, 6) is 0.371. The minimum Gasteiger partial charge on any atom is -0.361 e. The third-order valence-corrected chi connectivity index (χ3v) is 5.70. The van der Waals surface area contributed by atoms with Gasteiger partial charge in [-0.15, -0.1) is 0 Å². The highest BCUT2D eigenvalue weighted by Gasteiger charge is 2.22. The van der Waals surface area contributed by atoms with Crippen LogP contribution in [-0.2, 0) is 11.2 Å². The Morgan fingerprint density at radius 3 is 2.97 bits per heavy atom. The fourth-order valence-corrected chi connectivity index (χ4v) is 3.90. The van der Waals surface area contributed by atoms with Crippen LogP contribution in [0.1, 0.15) is 25.3 Å². The molecule has 2 aromatic rings. The predicted octanol–water partition coefficient (Wildman–Crippen LogP) is 1.96. The number of hydrogen-bond donors (Lipinski definition) is 3. The third-order valence-electron chi connectivity index (χ3n) is 5.70. The number of halogens is 1. The largest absolute Gasteiger partial charge is 0.361 e. The number of carbonyl (C=O) groups is 1. The first-order valence-corrected chi connectivity index (χ1v) is 10.7. The van der Waals surface area contributed by atoms with E-state index in [-0.39, 0.29) is 18.3 Å². The monoisotopic (exact) mass is 416 g/mol. The molecule has 0 aliphatic carbocycles. The molecule has 0 radical (unpaired) electrons. The molecule has 30 heavy (non-hydrogen) atoms. The number of aromatic amines is 1. The first-order chi connectivity index (χ1) is 14.5. The minimum absolute atomic E-state index is 0.0363. The number of nitrogens with one attached hydrogen (secondary N) is 3. The van der Waals surface area contributed by atoms with E-state index in [2.05, 4.69) is 32.4 Å². The maximum absolute atomic E-state index is 13.4. The topological polar surface area (TPSA) is 75.8 Å². The van der Waals surface area contributed by atoms with Crippen molar-refractivity contribution in [2.75, 3.05) is 46.8 Å². The molecule has 1 aromatic heterocycles. The lowest BCUT2D eigenvalue weighted by atomic mass is 10.1. The molecule has 1 fully saturated rings. The van der Waals surface area contributed by atoms with Gasteiger partial charge in [0.05, 0.1) is 0 Å². The average molecular weight is 417 g/mol. The molecule has 1 atom stereocenters. The summed E-state index contributed by atoms with van der Waals surface area (Å²) in [6.45, 7) is 5.96. The first-order valence-electron chi connectivity index (χ1n) is 10.7. The summed E-state index contributed by atoms with van der Waals surface area (Å²) in [5.41, 5.74) is 1.92. The van der Waals surface area contributed by atoms with Gasteiger partial charge in [0.25, 0.3) is 0 Å². The van der Waals surface area contributed by atoms with Gasteiger partial charge in [-0.2, -0.15) is 0 Å².